The van der Waals surface area contributed by atoms with Crippen LogP contribution in [0.5, 0.6) is 0 Å². The van der Waals surface area contributed by atoms with Crippen molar-refractivity contribution in [1.29, 1.82) is 0 Å². The van der Waals surface area contributed by atoms with Crippen molar-refractivity contribution < 1.29 is 8.42 Å². The molecule has 110 valence electrons. The first-order chi connectivity index (χ1) is 10.1. The lowest BCUT2D eigenvalue weighted by Gasteiger charge is -2.21. The van der Waals surface area contributed by atoms with E-state index in [9.17, 15) is 8.42 Å². The van der Waals surface area contributed by atoms with Crippen molar-refractivity contribution in [3.05, 3.63) is 53.0 Å². The Morgan fingerprint density at radius 2 is 2.05 bits per heavy atom. The molecule has 1 saturated carbocycles. The Labute approximate surface area is 132 Å². The zero-order valence-electron chi connectivity index (χ0n) is 11.2. The van der Waals surface area contributed by atoms with Crippen LogP contribution in [0.2, 0.25) is 0 Å². The SMILES string of the molecule is O=S(=O)(c1cncc(Br)c1)N(Cc1cccnc1)C1CC1. The van der Waals surface area contributed by atoms with Crippen LogP contribution in [0.1, 0.15) is 18.4 Å². The van der Waals surface area contributed by atoms with Crippen molar-refractivity contribution in [2.75, 3.05) is 0 Å². The van der Waals surface area contributed by atoms with Crippen molar-refractivity contribution in [2.45, 2.75) is 30.3 Å². The first kappa shape index (κ1) is 14.6. The van der Waals surface area contributed by atoms with Gasteiger partial charge in [0.1, 0.15) is 4.90 Å². The third-order valence-electron chi connectivity index (χ3n) is 3.30. The monoisotopic (exact) mass is 367 g/mol. The Bertz CT molecular complexity index is 733. The quantitative estimate of drug-likeness (QED) is 0.814. The third kappa shape index (κ3) is 3.30. The topological polar surface area (TPSA) is 63.2 Å². The van der Waals surface area contributed by atoms with Crippen LogP contribution in [0.25, 0.3) is 0 Å². The molecule has 0 amide bonds. The number of halogens is 1. The number of nitrogens with zero attached hydrogens (tertiary/aromatic N) is 3. The van der Waals surface area contributed by atoms with Crippen molar-refractivity contribution in [3.63, 3.8) is 0 Å². The maximum Gasteiger partial charge on any atom is 0.245 e. The zero-order valence-corrected chi connectivity index (χ0v) is 13.6. The smallest absolute Gasteiger partial charge is 0.245 e. The molecule has 1 aliphatic rings. The van der Waals surface area contributed by atoms with E-state index in [0.29, 0.717) is 11.0 Å². The molecule has 21 heavy (non-hydrogen) atoms. The van der Waals surface area contributed by atoms with Gasteiger partial charge in [-0.25, -0.2) is 8.42 Å². The average molecular weight is 368 g/mol. The van der Waals surface area contributed by atoms with E-state index < -0.39 is 10.0 Å². The molecule has 0 spiro atoms. The molecule has 0 unspecified atom stereocenters. The summed E-state index contributed by atoms with van der Waals surface area (Å²) in [5.74, 6) is 0. The Morgan fingerprint density at radius 1 is 1.24 bits per heavy atom. The molecule has 1 fully saturated rings. The van der Waals surface area contributed by atoms with Gasteiger partial charge in [0.2, 0.25) is 10.0 Å². The molecule has 5 nitrogen and oxygen atoms in total. The standard InChI is InChI=1S/C14H14BrN3O2S/c15-12-6-14(9-17-8-12)21(19,20)18(13-3-4-13)10-11-2-1-5-16-7-11/h1-2,5-9,13H,3-4,10H2. The van der Waals surface area contributed by atoms with Crippen molar-refractivity contribution in [2.24, 2.45) is 0 Å². The molecule has 0 N–H and O–H groups in total. The number of sulfonamides is 1. The Kier molecular flexibility index (Phi) is 4.05. The van der Waals surface area contributed by atoms with E-state index in [1.807, 2.05) is 12.1 Å². The fourth-order valence-corrected chi connectivity index (χ4v) is 4.29. The highest BCUT2D eigenvalue weighted by Crippen LogP contribution is 2.33. The van der Waals surface area contributed by atoms with Gasteiger partial charge in [-0.3, -0.25) is 9.97 Å². The van der Waals surface area contributed by atoms with Gasteiger partial charge in [0.05, 0.1) is 0 Å². The lowest BCUT2D eigenvalue weighted by atomic mass is 10.3. The van der Waals surface area contributed by atoms with E-state index in [1.54, 1.807) is 29.0 Å². The van der Waals surface area contributed by atoms with Crippen molar-refractivity contribution in [1.82, 2.24) is 14.3 Å². The minimum Gasteiger partial charge on any atom is -0.264 e. The van der Waals surface area contributed by atoms with Gasteiger partial charge in [0, 0.05) is 41.8 Å². The second-order valence-electron chi connectivity index (χ2n) is 4.98. The van der Waals surface area contributed by atoms with Crippen LogP contribution >= 0.6 is 15.9 Å². The number of hydrogen-bond acceptors (Lipinski definition) is 4. The Balaban J connectivity index is 1.93. The van der Waals surface area contributed by atoms with Crippen LogP contribution < -0.4 is 0 Å². The minimum absolute atomic E-state index is 0.0780. The van der Waals surface area contributed by atoms with Crippen molar-refractivity contribution in [3.8, 4) is 0 Å². The normalized spacial score (nSPS) is 15.3. The first-order valence-corrected chi connectivity index (χ1v) is 8.82. The molecule has 1 aliphatic carbocycles. The van der Waals surface area contributed by atoms with Gasteiger partial charge in [-0.15, -0.1) is 0 Å². The summed E-state index contributed by atoms with van der Waals surface area (Å²) in [5, 5.41) is 0. The molecular formula is C14H14BrN3O2S. The van der Waals surface area contributed by atoms with Crippen LogP contribution in [0, 0.1) is 0 Å². The lowest BCUT2D eigenvalue weighted by molar-refractivity contribution is 0.398. The van der Waals surface area contributed by atoms with Gasteiger partial charge in [-0.1, -0.05) is 6.07 Å². The average Bonchev–Trinajstić information content (AvgIpc) is 3.30. The zero-order chi connectivity index (χ0) is 14.9. The minimum atomic E-state index is -3.55. The molecule has 2 heterocycles. The highest BCUT2D eigenvalue weighted by Gasteiger charge is 2.38. The van der Waals surface area contributed by atoms with Gasteiger partial charge in [0.15, 0.2) is 0 Å². The maximum atomic E-state index is 12.8. The van der Waals surface area contributed by atoms with E-state index in [-0.39, 0.29) is 10.9 Å². The fourth-order valence-electron chi connectivity index (χ4n) is 2.11. The molecule has 7 heteroatoms. The summed E-state index contributed by atoms with van der Waals surface area (Å²) in [5.41, 5.74) is 0.885. The van der Waals surface area contributed by atoms with E-state index in [0.717, 1.165) is 18.4 Å². The molecule has 2 aromatic heterocycles. The van der Waals surface area contributed by atoms with Gasteiger partial charge in [-0.2, -0.15) is 4.31 Å². The number of aromatic nitrogens is 2. The summed E-state index contributed by atoms with van der Waals surface area (Å²) in [6.45, 7) is 0.341. The summed E-state index contributed by atoms with van der Waals surface area (Å²) in [6, 6.07) is 5.36. The molecule has 3 rings (SSSR count). The van der Waals surface area contributed by atoms with E-state index >= 15 is 0 Å². The summed E-state index contributed by atoms with van der Waals surface area (Å²) in [7, 11) is -3.55. The molecule has 2 aromatic rings. The van der Waals surface area contributed by atoms with Crippen LogP contribution in [-0.4, -0.2) is 28.7 Å². The summed E-state index contributed by atoms with van der Waals surface area (Å²) < 4.78 is 27.8. The lowest BCUT2D eigenvalue weighted by Crippen LogP contribution is -2.32. The van der Waals surface area contributed by atoms with Gasteiger partial charge in [0.25, 0.3) is 0 Å². The molecular weight excluding hydrogens is 354 g/mol. The second-order valence-corrected chi connectivity index (χ2v) is 7.79. The molecule has 0 atom stereocenters. The molecule has 0 aromatic carbocycles. The summed E-state index contributed by atoms with van der Waals surface area (Å²) in [4.78, 5) is 8.22. The predicted octanol–water partition coefficient (Wildman–Crippen LogP) is 2.59. The van der Waals surface area contributed by atoms with E-state index in [4.69, 9.17) is 0 Å². The first-order valence-electron chi connectivity index (χ1n) is 6.59. The number of rotatable bonds is 5. The Morgan fingerprint density at radius 3 is 2.67 bits per heavy atom. The third-order valence-corrected chi connectivity index (χ3v) is 5.60. The number of pyridine rings is 2. The van der Waals surface area contributed by atoms with Crippen LogP contribution in [0.15, 0.2) is 52.4 Å². The van der Waals surface area contributed by atoms with Crippen molar-refractivity contribution >= 4 is 26.0 Å². The van der Waals surface area contributed by atoms with E-state index in [2.05, 4.69) is 25.9 Å². The highest BCUT2D eigenvalue weighted by atomic mass is 79.9. The van der Waals surface area contributed by atoms with Crippen LogP contribution in [0.4, 0.5) is 0 Å². The van der Waals surface area contributed by atoms with Gasteiger partial charge < -0.3 is 0 Å². The fraction of sp³-hybridized carbons (Fsp3) is 0.286. The largest absolute Gasteiger partial charge is 0.264 e. The highest BCUT2D eigenvalue weighted by molar-refractivity contribution is 9.10. The molecule has 0 aliphatic heterocycles. The molecule has 0 radical (unpaired) electrons. The summed E-state index contributed by atoms with van der Waals surface area (Å²) in [6.07, 6.45) is 8.14. The second kappa shape index (κ2) is 5.82. The maximum absolute atomic E-state index is 12.8. The Hall–Kier alpha value is -1.31. The van der Waals surface area contributed by atoms with Gasteiger partial charge in [-0.05, 0) is 46.5 Å². The van der Waals surface area contributed by atoms with Crippen LogP contribution in [-0.2, 0) is 16.6 Å². The van der Waals surface area contributed by atoms with Gasteiger partial charge >= 0.3 is 0 Å². The molecule has 0 saturated heterocycles. The summed E-state index contributed by atoms with van der Waals surface area (Å²) >= 11 is 3.27. The van der Waals surface area contributed by atoms with Crippen LogP contribution in [0.3, 0.4) is 0 Å². The van der Waals surface area contributed by atoms with E-state index in [1.165, 1.54) is 6.20 Å². The number of hydrogen-bond donors (Lipinski definition) is 0. The predicted molar refractivity (Wildman–Crippen MR) is 81.9 cm³/mol. The molecule has 0 bridgehead atoms.